The van der Waals surface area contributed by atoms with Gasteiger partial charge in [0.2, 0.25) is 11.6 Å². The maximum Gasteiger partial charge on any atom is 0.207 e. The van der Waals surface area contributed by atoms with E-state index in [0.29, 0.717) is 0 Å². The Bertz CT molecular complexity index is 1410. The number of carbonyl (C=O) groups is 2. The molecule has 0 spiro atoms. The third-order valence-electron chi connectivity index (χ3n) is 8.69. The minimum Gasteiger partial charge on any atom is -0.507 e. The average molecular weight is 652 g/mol. The first-order valence-corrected chi connectivity index (χ1v) is 14.5. The fraction of sp³-hybridized carbons (Fsp3) is 0.517. The summed E-state index contributed by atoms with van der Waals surface area (Å²) in [6.07, 6.45) is -4.33. The van der Waals surface area contributed by atoms with Crippen molar-refractivity contribution in [2.45, 2.75) is 68.2 Å². The van der Waals surface area contributed by atoms with Crippen LogP contribution in [0.25, 0.3) is 0 Å². The Labute approximate surface area is 250 Å². The fourth-order valence-corrected chi connectivity index (χ4v) is 7.36. The van der Waals surface area contributed by atoms with Crippen molar-refractivity contribution in [3.05, 3.63) is 51.6 Å². The van der Waals surface area contributed by atoms with Gasteiger partial charge in [0.05, 0.1) is 47.4 Å². The number of phenolic OH excluding ortho intramolecular Hbond substituents is 2. The van der Waals surface area contributed by atoms with Gasteiger partial charge in [-0.3, -0.25) is 9.59 Å². The Balaban J connectivity index is 1.72. The standard InChI is InChI=1S/C29H34BrNO11/c1-12-23(32)15(31)8-18(41-12)42-17-10-28(37,29(11-30,39-3)40-4)9-14-20(17)27(36)22-21(25(14)34)24(33)13-6-5-7-16(38-2)19(13)26(22)35/h5-7,12,15,17-18,23,32,34,36-37H,8-11,31H2,1-4H3/t12-,15-,17-,18-,23+,28-/m0/s1. The van der Waals surface area contributed by atoms with E-state index >= 15 is 0 Å². The summed E-state index contributed by atoms with van der Waals surface area (Å²) >= 11 is 3.34. The van der Waals surface area contributed by atoms with E-state index in [1.165, 1.54) is 33.5 Å². The lowest BCUT2D eigenvalue weighted by atomic mass is 9.70. The minimum atomic E-state index is -1.89. The number of rotatable bonds is 7. The molecule has 42 heavy (non-hydrogen) atoms. The quantitative estimate of drug-likeness (QED) is 0.142. The number of aromatic hydroxyl groups is 2. The van der Waals surface area contributed by atoms with Crippen LogP contribution >= 0.6 is 15.9 Å². The van der Waals surface area contributed by atoms with Gasteiger partial charge in [0.15, 0.2) is 12.1 Å². The summed E-state index contributed by atoms with van der Waals surface area (Å²) in [6.45, 7) is 1.63. The summed E-state index contributed by atoms with van der Waals surface area (Å²) < 4.78 is 28.7. The number of halogens is 1. The van der Waals surface area contributed by atoms with Gasteiger partial charge in [0.25, 0.3) is 0 Å². The zero-order valence-corrected chi connectivity index (χ0v) is 25.1. The van der Waals surface area contributed by atoms with Crippen molar-refractivity contribution in [3.8, 4) is 17.2 Å². The van der Waals surface area contributed by atoms with Crippen molar-refractivity contribution >= 4 is 27.5 Å². The SMILES string of the molecule is COc1cccc2c1C(=O)c1c(O)c3c(c(O)c1C2=O)C[C@@](O)(C(CBr)(OC)OC)C[C@@H]3O[C@H]1C[C@H](N)[C@H](O)[C@H](C)O1. The minimum absolute atomic E-state index is 0.00102. The molecule has 0 radical (unpaired) electrons. The number of alkyl halides is 1. The summed E-state index contributed by atoms with van der Waals surface area (Å²) in [5.41, 5.74) is 3.36. The first-order chi connectivity index (χ1) is 19.9. The third kappa shape index (κ3) is 4.46. The number of aliphatic hydroxyl groups excluding tert-OH is 1. The normalized spacial score (nSPS) is 29.1. The predicted molar refractivity (Wildman–Crippen MR) is 150 cm³/mol. The Kier molecular flexibility index (Phi) is 8.18. The Morgan fingerprint density at radius 2 is 1.76 bits per heavy atom. The highest BCUT2D eigenvalue weighted by molar-refractivity contribution is 9.09. The van der Waals surface area contributed by atoms with E-state index < -0.39 is 76.2 Å². The molecule has 2 aromatic carbocycles. The van der Waals surface area contributed by atoms with E-state index in [1.54, 1.807) is 13.0 Å². The zero-order valence-electron chi connectivity index (χ0n) is 23.5. The van der Waals surface area contributed by atoms with E-state index in [9.17, 15) is 30.0 Å². The highest BCUT2D eigenvalue weighted by Gasteiger charge is 2.57. The van der Waals surface area contributed by atoms with Crippen LogP contribution in [0.5, 0.6) is 17.2 Å². The van der Waals surface area contributed by atoms with Crippen LogP contribution in [0.4, 0.5) is 0 Å². The lowest BCUT2D eigenvalue weighted by molar-refractivity contribution is -0.306. The molecule has 12 nitrogen and oxygen atoms in total. The van der Waals surface area contributed by atoms with Crippen molar-refractivity contribution in [1.29, 1.82) is 0 Å². The van der Waals surface area contributed by atoms with Gasteiger partial charge < -0.3 is 49.8 Å². The molecule has 0 unspecified atom stereocenters. The van der Waals surface area contributed by atoms with Crippen molar-refractivity contribution in [1.82, 2.24) is 0 Å². The van der Waals surface area contributed by atoms with Crippen LogP contribution in [0.15, 0.2) is 18.2 Å². The molecule has 6 N–H and O–H groups in total. The number of ether oxygens (including phenoxy) is 5. The lowest BCUT2D eigenvalue weighted by Crippen LogP contribution is -2.61. The van der Waals surface area contributed by atoms with Crippen LogP contribution in [-0.2, 0) is 25.4 Å². The van der Waals surface area contributed by atoms with Crippen LogP contribution in [0, 0.1) is 0 Å². The number of fused-ring (bicyclic) bond motifs is 3. The highest BCUT2D eigenvalue weighted by atomic mass is 79.9. The van der Waals surface area contributed by atoms with Crippen LogP contribution in [0.3, 0.4) is 0 Å². The van der Waals surface area contributed by atoms with E-state index in [-0.39, 0.29) is 52.6 Å². The summed E-state index contributed by atoms with van der Waals surface area (Å²) in [5, 5.41) is 45.7. The van der Waals surface area contributed by atoms with Crippen LogP contribution in [0.1, 0.15) is 68.8 Å². The third-order valence-corrected chi connectivity index (χ3v) is 9.43. The van der Waals surface area contributed by atoms with Gasteiger partial charge in [-0.15, -0.1) is 0 Å². The molecular weight excluding hydrogens is 618 g/mol. The molecule has 2 aromatic rings. The van der Waals surface area contributed by atoms with Gasteiger partial charge in [-0.1, -0.05) is 28.1 Å². The van der Waals surface area contributed by atoms with Gasteiger partial charge in [-0.05, 0) is 13.0 Å². The van der Waals surface area contributed by atoms with Gasteiger partial charge >= 0.3 is 0 Å². The topological polar surface area (TPSA) is 187 Å². The summed E-state index contributed by atoms with van der Waals surface area (Å²) in [4.78, 5) is 27.5. The molecule has 5 rings (SSSR count). The monoisotopic (exact) mass is 651 g/mol. The van der Waals surface area contributed by atoms with E-state index in [0.717, 1.165) is 0 Å². The molecule has 0 saturated carbocycles. The van der Waals surface area contributed by atoms with Crippen LogP contribution < -0.4 is 10.5 Å². The first kappa shape index (κ1) is 30.8. The summed E-state index contributed by atoms with van der Waals surface area (Å²) in [5.74, 6) is -4.10. The molecule has 0 aromatic heterocycles. The van der Waals surface area contributed by atoms with Gasteiger partial charge in [-0.25, -0.2) is 0 Å². The first-order valence-electron chi connectivity index (χ1n) is 13.4. The second-order valence-electron chi connectivity index (χ2n) is 10.9. The summed E-state index contributed by atoms with van der Waals surface area (Å²) in [6, 6.07) is 3.81. The smallest absolute Gasteiger partial charge is 0.207 e. The van der Waals surface area contributed by atoms with Crippen molar-refractivity contribution < 1.29 is 53.7 Å². The average Bonchev–Trinajstić information content (AvgIpc) is 2.96. The molecular formula is C29H34BrNO11. The molecule has 6 atom stereocenters. The number of aliphatic hydroxyl groups is 2. The highest BCUT2D eigenvalue weighted by Crippen LogP contribution is 2.54. The largest absolute Gasteiger partial charge is 0.507 e. The molecule has 13 heteroatoms. The van der Waals surface area contributed by atoms with Crippen molar-refractivity contribution in [2.24, 2.45) is 5.73 Å². The van der Waals surface area contributed by atoms with Crippen molar-refractivity contribution in [3.63, 3.8) is 0 Å². The molecule has 0 bridgehead atoms. The number of benzene rings is 2. The van der Waals surface area contributed by atoms with Gasteiger partial charge in [0.1, 0.15) is 22.8 Å². The van der Waals surface area contributed by atoms with Crippen LogP contribution in [-0.4, -0.2) is 94.6 Å². The summed E-state index contributed by atoms with van der Waals surface area (Å²) in [7, 11) is 4.04. The predicted octanol–water partition coefficient (Wildman–Crippen LogP) is 1.82. The maximum atomic E-state index is 13.8. The van der Waals surface area contributed by atoms with E-state index in [1.807, 2.05) is 0 Å². The number of hydrogen-bond acceptors (Lipinski definition) is 12. The van der Waals surface area contributed by atoms with Crippen molar-refractivity contribution in [2.75, 3.05) is 26.7 Å². The Morgan fingerprint density at radius 1 is 1.10 bits per heavy atom. The number of ketones is 2. The molecule has 2 aliphatic carbocycles. The lowest BCUT2D eigenvalue weighted by Gasteiger charge is -2.49. The zero-order chi connectivity index (χ0) is 30.7. The Hall–Kier alpha value is -2.62. The van der Waals surface area contributed by atoms with Gasteiger partial charge in [0, 0.05) is 56.2 Å². The second-order valence-corrected chi connectivity index (χ2v) is 11.4. The molecule has 0 amide bonds. The molecule has 1 fully saturated rings. The second kappa shape index (κ2) is 11.1. The molecule has 1 heterocycles. The number of phenols is 2. The molecule has 3 aliphatic rings. The van der Waals surface area contributed by atoms with E-state index in [2.05, 4.69) is 15.9 Å². The number of carbonyl (C=O) groups excluding carboxylic acids is 2. The number of hydrogen-bond donors (Lipinski definition) is 5. The maximum absolute atomic E-state index is 13.8. The molecule has 1 saturated heterocycles. The molecule has 1 aliphatic heterocycles. The fourth-order valence-electron chi connectivity index (χ4n) is 6.38. The molecule has 228 valence electrons. The van der Waals surface area contributed by atoms with Crippen LogP contribution in [0.2, 0.25) is 0 Å². The Morgan fingerprint density at radius 3 is 2.36 bits per heavy atom. The number of nitrogens with two attached hydrogens (primary N) is 1. The number of methoxy groups -OCH3 is 3. The van der Waals surface area contributed by atoms with E-state index in [4.69, 9.17) is 29.4 Å². The van der Waals surface area contributed by atoms with Gasteiger partial charge in [-0.2, -0.15) is 0 Å².